The average molecular weight is 398 g/mol. The van der Waals surface area contributed by atoms with Gasteiger partial charge in [0.25, 0.3) is 0 Å². The van der Waals surface area contributed by atoms with Crippen LogP contribution in [0.3, 0.4) is 0 Å². The molecule has 2 heterocycles. The molecule has 1 fully saturated rings. The van der Waals surface area contributed by atoms with Gasteiger partial charge in [0.1, 0.15) is 29.6 Å². The van der Waals surface area contributed by atoms with Crippen LogP contribution in [-0.2, 0) is 0 Å². The summed E-state index contributed by atoms with van der Waals surface area (Å²) in [6.07, 6.45) is -0.622. The van der Waals surface area contributed by atoms with E-state index in [0.717, 1.165) is 26.2 Å². The molecule has 1 aromatic heterocycles. The summed E-state index contributed by atoms with van der Waals surface area (Å²) in [7, 11) is 0. The fourth-order valence-electron chi connectivity index (χ4n) is 3.75. The van der Waals surface area contributed by atoms with Crippen LogP contribution in [0, 0.1) is 0 Å². The number of hydrogen-bond acceptors (Lipinski definition) is 7. The lowest BCUT2D eigenvalue weighted by Gasteiger charge is -2.35. The van der Waals surface area contributed by atoms with E-state index in [1.165, 1.54) is 0 Å². The first-order valence-corrected chi connectivity index (χ1v) is 9.96. The number of ether oxygens (including phenoxy) is 1. The van der Waals surface area contributed by atoms with Crippen LogP contribution in [0.2, 0.25) is 0 Å². The van der Waals surface area contributed by atoms with Crippen LogP contribution in [0.25, 0.3) is 21.9 Å². The van der Waals surface area contributed by atoms with Crippen molar-refractivity contribution in [2.24, 2.45) is 0 Å². The van der Waals surface area contributed by atoms with Crippen molar-refractivity contribution in [2.45, 2.75) is 6.10 Å². The summed E-state index contributed by atoms with van der Waals surface area (Å²) in [6.45, 7) is 5.07. The fourth-order valence-corrected chi connectivity index (χ4v) is 3.75. The zero-order valence-electron chi connectivity index (χ0n) is 16.3. The van der Waals surface area contributed by atoms with E-state index in [1.54, 1.807) is 30.3 Å². The summed E-state index contributed by atoms with van der Waals surface area (Å²) >= 11 is 0. The summed E-state index contributed by atoms with van der Waals surface area (Å²) in [5.41, 5.74) is 0.990. The molecule has 154 valence electrons. The quantitative estimate of drug-likeness (QED) is 0.580. The smallest absolute Gasteiger partial charge is 0.200 e. The Labute approximate surface area is 168 Å². The van der Waals surface area contributed by atoms with Crippen molar-refractivity contribution in [2.75, 3.05) is 52.5 Å². The molecule has 0 radical (unpaired) electrons. The monoisotopic (exact) mass is 398 g/mol. The number of nitrogens with zero attached hydrogens (tertiary/aromatic N) is 2. The zero-order chi connectivity index (χ0) is 20.2. The number of aliphatic hydroxyl groups is 2. The molecule has 2 aromatic carbocycles. The molecule has 3 aromatic rings. The van der Waals surface area contributed by atoms with Crippen LogP contribution in [0.15, 0.2) is 51.7 Å². The van der Waals surface area contributed by atoms with E-state index in [2.05, 4.69) is 9.80 Å². The van der Waals surface area contributed by atoms with Gasteiger partial charge in [-0.05, 0) is 30.3 Å². The van der Waals surface area contributed by atoms with Gasteiger partial charge < -0.3 is 19.4 Å². The molecule has 1 unspecified atom stereocenters. The minimum atomic E-state index is -0.622. The molecule has 1 saturated heterocycles. The Morgan fingerprint density at radius 3 is 2.52 bits per heavy atom. The number of hydrogen-bond donors (Lipinski definition) is 2. The Hall–Kier alpha value is -2.45. The standard InChI is InChI=1S/C22H26N2O5/c25-12-11-23-7-9-24(10-8-23)14-16(26)15-28-17-5-6-21-19(13-17)22(27)18-3-1-2-4-20(18)29-21/h1-6,13,16,25-26H,7-12,14-15H2. The molecular formula is C22H26N2O5. The van der Waals surface area contributed by atoms with Gasteiger partial charge >= 0.3 is 0 Å². The maximum Gasteiger partial charge on any atom is 0.200 e. The predicted octanol–water partition coefficient (Wildman–Crippen LogP) is 1.30. The van der Waals surface area contributed by atoms with Crippen molar-refractivity contribution in [3.63, 3.8) is 0 Å². The van der Waals surface area contributed by atoms with Gasteiger partial charge in [0.05, 0.1) is 17.4 Å². The third-order valence-electron chi connectivity index (χ3n) is 5.34. The van der Waals surface area contributed by atoms with E-state index < -0.39 is 6.10 Å². The number of para-hydroxylation sites is 1. The van der Waals surface area contributed by atoms with Gasteiger partial charge in [-0.15, -0.1) is 0 Å². The van der Waals surface area contributed by atoms with Gasteiger partial charge in [0, 0.05) is 39.3 Å². The van der Waals surface area contributed by atoms with Crippen LogP contribution < -0.4 is 10.2 Å². The zero-order valence-corrected chi connectivity index (χ0v) is 16.3. The molecular weight excluding hydrogens is 372 g/mol. The minimum absolute atomic E-state index is 0.0893. The van der Waals surface area contributed by atoms with E-state index in [0.29, 0.717) is 40.8 Å². The lowest BCUT2D eigenvalue weighted by molar-refractivity contribution is 0.0429. The van der Waals surface area contributed by atoms with Crippen molar-refractivity contribution in [1.82, 2.24) is 9.80 Å². The van der Waals surface area contributed by atoms with Gasteiger partial charge in [-0.3, -0.25) is 14.6 Å². The SMILES string of the molecule is O=c1c2ccccc2oc2ccc(OCC(O)CN3CCN(CCO)CC3)cc12. The molecule has 1 atom stereocenters. The molecule has 4 rings (SSSR count). The Kier molecular flexibility index (Phi) is 6.10. The highest BCUT2D eigenvalue weighted by atomic mass is 16.5. The Bertz CT molecular complexity index is 1030. The molecule has 0 amide bonds. The lowest BCUT2D eigenvalue weighted by Crippen LogP contribution is -2.49. The van der Waals surface area contributed by atoms with Crippen molar-refractivity contribution in [1.29, 1.82) is 0 Å². The Morgan fingerprint density at radius 2 is 1.72 bits per heavy atom. The fraction of sp³-hybridized carbons (Fsp3) is 0.409. The third kappa shape index (κ3) is 4.59. The second kappa shape index (κ2) is 8.92. The molecule has 1 aliphatic heterocycles. The first-order valence-electron chi connectivity index (χ1n) is 9.96. The first-order chi connectivity index (χ1) is 14.1. The van der Waals surface area contributed by atoms with Gasteiger partial charge in [-0.1, -0.05) is 12.1 Å². The van der Waals surface area contributed by atoms with E-state index in [1.807, 2.05) is 12.1 Å². The highest BCUT2D eigenvalue weighted by Crippen LogP contribution is 2.22. The molecule has 0 spiro atoms. The summed E-state index contributed by atoms with van der Waals surface area (Å²) < 4.78 is 11.5. The van der Waals surface area contributed by atoms with Crippen LogP contribution in [0.5, 0.6) is 5.75 Å². The Morgan fingerprint density at radius 1 is 1.00 bits per heavy atom. The van der Waals surface area contributed by atoms with E-state index in [-0.39, 0.29) is 18.6 Å². The first kappa shape index (κ1) is 19.8. The maximum absolute atomic E-state index is 12.7. The van der Waals surface area contributed by atoms with E-state index >= 15 is 0 Å². The molecule has 7 nitrogen and oxygen atoms in total. The van der Waals surface area contributed by atoms with Crippen LogP contribution in [0.4, 0.5) is 0 Å². The van der Waals surface area contributed by atoms with Crippen LogP contribution >= 0.6 is 0 Å². The van der Waals surface area contributed by atoms with Crippen molar-refractivity contribution >= 4 is 21.9 Å². The number of benzene rings is 2. The average Bonchev–Trinajstić information content (AvgIpc) is 2.74. The summed E-state index contributed by atoms with van der Waals surface area (Å²) in [4.78, 5) is 17.1. The highest BCUT2D eigenvalue weighted by molar-refractivity contribution is 5.90. The van der Waals surface area contributed by atoms with Gasteiger partial charge in [-0.25, -0.2) is 0 Å². The second-order valence-electron chi connectivity index (χ2n) is 7.42. The van der Waals surface area contributed by atoms with E-state index in [9.17, 15) is 9.90 Å². The van der Waals surface area contributed by atoms with Gasteiger partial charge in [0.2, 0.25) is 5.43 Å². The molecule has 7 heteroatoms. The van der Waals surface area contributed by atoms with E-state index in [4.69, 9.17) is 14.3 Å². The minimum Gasteiger partial charge on any atom is -0.491 e. The molecule has 0 aliphatic carbocycles. The number of β-amino-alcohol motifs (C(OH)–C–C–N with tert-alkyl or cyclic N) is 2. The van der Waals surface area contributed by atoms with Gasteiger partial charge in [-0.2, -0.15) is 0 Å². The number of fused-ring (bicyclic) bond motifs is 2. The molecule has 29 heavy (non-hydrogen) atoms. The summed E-state index contributed by atoms with van der Waals surface area (Å²) in [6, 6.07) is 12.3. The number of aliphatic hydroxyl groups excluding tert-OH is 2. The van der Waals surface area contributed by atoms with Gasteiger partial charge in [0.15, 0.2) is 0 Å². The third-order valence-corrected chi connectivity index (χ3v) is 5.34. The molecule has 1 aliphatic rings. The lowest BCUT2D eigenvalue weighted by atomic mass is 10.1. The number of rotatable bonds is 7. The largest absolute Gasteiger partial charge is 0.491 e. The Balaban J connectivity index is 1.37. The normalized spacial score (nSPS) is 17.0. The molecule has 0 saturated carbocycles. The van der Waals surface area contributed by atoms with Crippen LogP contribution in [-0.4, -0.2) is 78.6 Å². The highest BCUT2D eigenvalue weighted by Gasteiger charge is 2.19. The molecule has 2 N–H and O–H groups in total. The van der Waals surface area contributed by atoms with Crippen LogP contribution in [0.1, 0.15) is 0 Å². The topological polar surface area (TPSA) is 86.4 Å². The van der Waals surface area contributed by atoms with Crippen molar-refractivity contribution in [3.8, 4) is 5.75 Å². The predicted molar refractivity (Wildman–Crippen MR) is 111 cm³/mol. The van der Waals surface area contributed by atoms with Crippen molar-refractivity contribution in [3.05, 3.63) is 52.7 Å². The maximum atomic E-state index is 12.7. The summed E-state index contributed by atoms with van der Waals surface area (Å²) in [5, 5.41) is 20.4. The molecule has 0 bridgehead atoms. The summed E-state index contributed by atoms with van der Waals surface area (Å²) in [5.74, 6) is 0.534. The second-order valence-corrected chi connectivity index (χ2v) is 7.42. The van der Waals surface area contributed by atoms with Crippen molar-refractivity contribution < 1.29 is 19.4 Å². The number of piperazine rings is 1.